The molecule has 2 aromatic carbocycles. The molecular weight excluding hydrogens is 367 g/mol. The lowest BCUT2D eigenvalue weighted by Gasteiger charge is -2.18. The van der Waals surface area contributed by atoms with Crippen LogP contribution in [0.2, 0.25) is 0 Å². The summed E-state index contributed by atoms with van der Waals surface area (Å²) in [5, 5.41) is -0.495. The average molecular weight is 381 g/mol. The van der Waals surface area contributed by atoms with Crippen molar-refractivity contribution in [2.75, 3.05) is 0 Å². The summed E-state index contributed by atoms with van der Waals surface area (Å²) in [5.41, 5.74) is 2.37. The largest absolute Gasteiger partial charge is 0.416 e. The van der Waals surface area contributed by atoms with Crippen molar-refractivity contribution in [1.29, 1.82) is 0 Å². The van der Waals surface area contributed by atoms with Crippen LogP contribution < -0.4 is 0 Å². The highest BCUT2D eigenvalue weighted by molar-refractivity contribution is 7.84. The van der Waals surface area contributed by atoms with Gasteiger partial charge in [0.1, 0.15) is 0 Å². The fourth-order valence-corrected chi connectivity index (χ4v) is 4.95. The van der Waals surface area contributed by atoms with Crippen molar-refractivity contribution < 1.29 is 17.4 Å². The highest BCUT2D eigenvalue weighted by Crippen LogP contribution is 2.34. The third kappa shape index (κ3) is 4.35. The third-order valence-electron chi connectivity index (χ3n) is 3.67. The normalized spacial score (nSPS) is 14.2. The number of hydrogen-bond acceptors (Lipinski definition) is 3. The van der Waals surface area contributed by atoms with Gasteiger partial charge in [0.2, 0.25) is 0 Å². The number of hydrogen-bond donors (Lipinski definition) is 0. The second-order valence-corrected chi connectivity index (χ2v) is 7.90. The molecule has 0 spiro atoms. The molecule has 0 amide bonds. The van der Waals surface area contributed by atoms with Crippen LogP contribution in [0.4, 0.5) is 13.2 Å². The SMILES string of the molecule is O=[S@@](Cc1cncs1)[C@H](c1ccccc1)c1ccc(C(F)(F)F)cc1. The number of thiazole rings is 1. The summed E-state index contributed by atoms with van der Waals surface area (Å²) < 4.78 is 51.3. The van der Waals surface area contributed by atoms with Gasteiger partial charge in [0, 0.05) is 21.9 Å². The Balaban J connectivity index is 1.95. The summed E-state index contributed by atoms with van der Waals surface area (Å²) >= 11 is 1.41. The van der Waals surface area contributed by atoms with E-state index in [1.807, 2.05) is 30.3 Å². The van der Waals surface area contributed by atoms with Gasteiger partial charge < -0.3 is 0 Å². The van der Waals surface area contributed by atoms with Crippen molar-refractivity contribution in [3.8, 4) is 0 Å². The molecule has 2 nitrogen and oxygen atoms in total. The van der Waals surface area contributed by atoms with Crippen molar-refractivity contribution in [3.05, 3.63) is 87.9 Å². The van der Waals surface area contributed by atoms with E-state index < -0.39 is 27.8 Å². The molecule has 7 heteroatoms. The first-order valence-electron chi connectivity index (χ1n) is 7.42. The van der Waals surface area contributed by atoms with E-state index in [0.29, 0.717) is 11.3 Å². The third-order valence-corrected chi connectivity index (χ3v) is 6.30. The fraction of sp³-hybridized carbons (Fsp3) is 0.167. The molecule has 0 N–H and O–H groups in total. The van der Waals surface area contributed by atoms with E-state index in [2.05, 4.69) is 4.98 Å². The van der Waals surface area contributed by atoms with Crippen molar-refractivity contribution in [2.45, 2.75) is 17.2 Å². The van der Waals surface area contributed by atoms with Gasteiger partial charge in [-0.3, -0.25) is 9.19 Å². The lowest BCUT2D eigenvalue weighted by atomic mass is 10.0. The maximum absolute atomic E-state index is 13.0. The Morgan fingerprint density at radius 2 is 1.64 bits per heavy atom. The van der Waals surface area contributed by atoms with E-state index in [-0.39, 0.29) is 0 Å². The summed E-state index contributed by atoms with van der Waals surface area (Å²) in [4.78, 5) is 4.86. The molecule has 0 bridgehead atoms. The Morgan fingerprint density at radius 3 is 2.20 bits per heavy atom. The average Bonchev–Trinajstić information content (AvgIpc) is 3.09. The van der Waals surface area contributed by atoms with Crippen molar-refractivity contribution in [2.24, 2.45) is 0 Å². The predicted molar refractivity (Wildman–Crippen MR) is 93.7 cm³/mol. The van der Waals surface area contributed by atoms with Crippen LogP contribution in [0.25, 0.3) is 0 Å². The van der Waals surface area contributed by atoms with Gasteiger partial charge in [-0.15, -0.1) is 11.3 Å². The second kappa shape index (κ2) is 7.49. The lowest BCUT2D eigenvalue weighted by molar-refractivity contribution is -0.137. The molecule has 3 rings (SSSR count). The highest BCUT2D eigenvalue weighted by Gasteiger charge is 2.31. The number of halogens is 3. The van der Waals surface area contributed by atoms with Crippen LogP contribution in [0.1, 0.15) is 26.8 Å². The molecule has 2 atom stereocenters. The van der Waals surface area contributed by atoms with E-state index in [0.717, 1.165) is 22.6 Å². The number of aromatic nitrogens is 1. The molecule has 0 radical (unpaired) electrons. The monoisotopic (exact) mass is 381 g/mol. The minimum atomic E-state index is -4.39. The first kappa shape index (κ1) is 17.8. The van der Waals surface area contributed by atoms with Gasteiger partial charge >= 0.3 is 6.18 Å². The van der Waals surface area contributed by atoms with Crippen LogP contribution in [0, 0.1) is 0 Å². The van der Waals surface area contributed by atoms with Crippen LogP contribution in [-0.2, 0) is 22.7 Å². The Bertz CT molecular complexity index is 831. The lowest BCUT2D eigenvalue weighted by Crippen LogP contribution is -2.11. The first-order chi connectivity index (χ1) is 11.9. The molecule has 0 saturated heterocycles. The standard InChI is InChI=1S/C18H14F3NOS2/c19-18(20,21)15-8-6-14(7-9-15)17(13-4-2-1-3-5-13)25(23)11-16-10-22-12-24-16/h1-10,12,17H,11H2/t17-,25+/m1/s1. The first-order valence-corrected chi connectivity index (χ1v) is 9.68. The van der Waals surface area contributed by atoms with Gasteiger partial charge in [-0.25, -0.2) is 0 Å². The number of nitrogens with zero attached hydrogens (tertiary/aromatic N) is 1. The maximum Gasteiger partial charge on any atom is 0.416 e. The molecule has 0 saturated carbocycles. The summed E-state index contributed by atoms with van der Waals surface area (Å²) in [7, 11) is -1.33. The zero-order valence-corrected chi connectivity index (χ0v) is 14.6. The Morgan fingerprint density at radius 1 is 1.00 bits per heavy atom. The minimum Gasteiger partial charge on any atom is -0.258 e. The molecule has 0 aliphatic rings. The van der Waals surface area contributed by atoms with Gasteiger partial charge in [-0.2, -0.15) is 13.2 Å². The van der Waals surface area contributed by atoms with Crippen LogP contribution in [0.5, 0.6) is 0 Å². The molecule has 0 fully saturated rings. The summed E-state index contributed by atoms with van der Waals surface area (Å²) in [6.45, 7) is 0. The number of benzene rings is 2. The maximum atomic E-state index is 13.0. The highest BCUT2D eigenvalue weighted by atomic mass is 32.2. The van der Waals surface area contributed by atoms with Crippen molar-refractivity contribution in [3.63, 3.8) is 0 Å². The minimum absolute atomic E-state index is 0.311. The molecule has 0 aliphatic carbocycles. The van der Waals surface area contributed by atoms with Gasteiger partial charge in [-0.05, 0) is 23.3 Å². The molecule has 1 heterocycles. The summed E-state index contributed by atoms with van der Waals surface area (Å²) in [6.07, 6.45) is -2.72. The quantitative estimate of drug-likeness (QED) is 0.608. The van der Waals surface area contributed by atoms with Gasteiger partial charge in [0.25, 0.3) is 0 Å². The van der Waals surface area contributed by atoms with Crippen LogP contribution in [-0.4, -0.2) is 9.19 Å². The van der Waals surface area contributed by atoms with E-state index in [9.17, 15) is 17.4 Å². The Labute approximate surface area is 149 Å². The van der Waals surface area contributed by atoms with Crippen LogP contribution in [0.15, 0.2) is 66.3 Å². The van der Waals surface area contributed by atoms with Crippen molar-refractivity contribution >= 4 is 22.1 Å². The van der Waals surface area contributed by atoms with E-state index in [4.69, 9.17) is 0 Å². The molecule has 1 aromatic heterocycles. The van der Waals surface area contributed by atoms with Crippen LogP contribution in [0.3, 0.4) is 0 Å². The zero-order valence-electron chi connectivity index (χ0n) is 12.9. The van der Waals surface area contributed by atoms with Crippen LogP contribution >= 0.6 is 11.3 Å². The van der Waals surface area contributed by atoms with E-state index >= 15 is 0 Å². The molecule has 130 valence electrons. The predicted octanol–water partition coefficient (Wildman–Crippen LogP) is 5.20. The smallest absolute Gasteiger partial charge is 0.258 e. The molecule has 0 unspecified atom stereocenters. The van der Waals surface area contributed by atoms with E-state index in [1.165, 1.54) is 23.5 Å². The number of rotatable bonds is 5. The van der Waals surface area contributed by atoms with Gasteiger partial charge in [0.15, 0.2) is 0 Å². The Hall–Kier alpha value is -1.99. The Kier molecular flexibility index (Phi) is 5.34. The zero-order chi connectivity index (χ0) is 17.9. The van der Waals surface area contributed by atoms with E-state index in [1.54, 1.807) is 11.7 Å². The topological polar surface area (TPSA) is 30.0 Å². The summed E-state index contributed by atoms with van der Waals surface area (Å²) in [5.74, 6) is 0.311. The molecule has 0 aliphatic heterocycles. The molecule has 3 aromatic rings. The number of alkyl halides is 3. The fourth-order valence-electron chi connectivity index (χ4n) is 2.51. The molecule has 25 heavy (non-hydrogen) atoms. The molecular formula is C18H14F3NOS2. The van der Waals surface area contributed by atoms with Gasteiger partial charge in [-0.1, -0.05) is 42.5 Å². The second-order valence-electron chi connectivity index (χ2n) is 5.40. The van der Waals surface area contributed by atoms with Crippen molar-refractivity contribution in [1.82, 2.24) is 4.98 Å². The van der Waals surface area contributed by atoms with Gasteiger partial charge in [0.05, 0.1) is 22.1 Å². The summed E-state index contributed by atoms with van der Waals surface area (Å²) in [6, 6.07) is 14.1.